The fourth-order valence-corrected chi connectivity index (χ4v) is 2.71. The number of carboxylic acid groups (broad SMARTS) is 1. The lowest BCUT2D eigenvalue weighted by Gasteiger charge is -2.14. The molecule has 1 fully saturated rings. The van der Waals surface area contributed by atoms with Gasteiger partial charge in [-0.15, -0.1) is 0 Å². The monoisotopic (exact) mass is 293 g/mol. The van der Waals surface area contributed by atoms with E-state index in [2.05, 4.69) is 10.4 Å². The standard InChI is InChI=1S/C14H19N3O4/c1-7-8(2)16-17(3)13(19)11(7)12(18)15-10-5-4-9(6-10)14(20)21/h9-10H,4-6H2,1-3H3,(H,15,18)(H,20,21)/t9-,10+/m1/s1. The molecule has 2 N–H and O–H groups in total. The van der Waals surface area contributed by atoms with Crippen LogP contribution in [0.4, 0.5) is 0 Å². The first-order chi connectivity index (χ1) is 9.81. The van der Waals surface area contributed by atoms with E-state index in [-0.39, 0.29) is 11.6 Å². The van der Waals surface area contributed by atoms with E-state index in [0.29, 0.717) is 30.5 Å². The van der Waals surface area contributed by atoms with Crippen LogP contribution in [-0.4, -0.2) is 32.8 Å². The molecule has 2 rings (SSSR count). The third-order valence-electron chi connectivity index (χ3n) is 4.07. The Hall–Kier alpha value is -2.18. The van der Waals surface area contributed by atoms with Crippen LogP contribution in [0.25, 0.3) is 0 Å². The van der Waals surface area contributed by atoms with Gasteiger partial charge in [0.15, 0.2) is 0 Å². The van der Waals surface area contributed by atoms with E-state index in [1.807, 2.05) is 0 Å². The number of carbonyl (C=O) groups excluding carboxylic acids is 1. The topological polar surface area (TPSA) is 101 Å². The maximum Gasteiger partial charge on any atom is 0.306 e. The Morgan fingerprint density at radius 3 is 2.57 bits per heavy atom. The number of hydrogen-bond donors (Lipinski definition) is 2. The van der Waals surface area contributed by atoms with Gasteiger partial charge >= 0.3 is 5.97 Å². The van der Waals surface area contributed by atoms with E-state index in [1.165, 1.54) is 7.05 Å². The Bertz CT molecular complexity index is 650. The third kappa shape index (κ3) is 2.96. The predicted molar refractivity (Wildman–Crippen MR) is 75.2 cm³/mol. The van der Waals surface area contributed by atoms with Crippen molar-refractivity contribution in [1.82, 2.24) is 15.1 Å². The van der Waals surface area contributed by atoms with Gasteiger partial charge in [0, 0.05) is 13.1 Å². The summed E-state index contributed by atoms with van der Waals surface area (Å²) in [5.41, 5.74) is 0.827. The van der Waals surface area contributed by atoms with Crippen LogP contribution in [0.1, 0.15) is 40.9 Å². The molecule has 1 aromatic heterocycles. The second kappa shape index (κ2) is 5.67. The summed E-state index contributed by atoms with van der Waals surface area (Å²) in [7, 11) is 1.50. The van der Waals surface area contributed by atoms with Gasteiger partial charge in [-0.1, -0.05) is 0 Å². The van der Waals surface area contributed by atoms with Crippen LogP contribution in [-0.2, 0) is 11.8 Å². The Labute approximate surface area is 122 Å². The number of nitrogens with one attached hydrogen (secondary N) is 1. The molecule has 0 aliphatic heterocycles. The Morgan fingerprint density at radius 1 is 1.33 bits per heavy atom. The van der Waals surface area contributed by atoms with Crippen LogP contribution < -0.4 is 10.9 Å². The molecule has 1 saturated carbocycles. The van der Waals surface area contributed by atoms with Crippen molar-refractivity contribution in [1.29, 1.82) is 0 Å². The number of amides is 1. The molecule has 1 aliphatic carbocycles. The van der Waals surface area contributed by atoms with Crippen LogP contribution in [0.2, 0.25) is 0 Å². The van der Waals surface area contributed by atoms with Gasteiger partial charge in [-0.2, -0.15) is 5.10 Å². The predicted octanol–water partition coefficient (Wildman–Crippen LogP) is 0.380. The molecule has 1 aliphatic rings. The van der Waals surface area contributed by atoms with Gasteiger partial charge in [-0.05, 0) is 38.7 Å². The number of nitrogens with zero attached hydrogens (tertiary/aromatic N) is 2. The van der Waals surface area contributed by atoms with E-state index in [4.69, 9.17) is 5.11 Å². The number of aromatic nitrogens is 2. The molecule has 0 spiro atoms. The van der Waals surface area contributed by atoms with Crippen molar-refractivity contribution in [3.63, 3.8) is 0 Å². The molecular weight excluding hydrogens is 274 g/mol. The molecular formula is C14H19N3O4. The number of carboxylic acids is 1. The van der Waals surface area contributed by atoms with Crippen molar-refractivity contribution < 1.29 is 14.7 Å². The van der Waals surface area contributed by atoms with Gasteiger partial charge in [-0.25, -0.2) is 4.68 Å². The molecule has 0 unspecified atom stereocenters. The van der Waals surface area contributed by atoms with Gasteiger partial charge in [0.05, 0.1) is 11.6 Å². The van der Waals surface area contributed by atoms with Crippen LogP contribution in [0.3, 0.4) is 0 Å². The molecule has 0 radical (unpaired) electrons. The molecule has 1 amide bonds. The van der Waals surface area contributed by atoms with Gasteiger partial charge in [0.25, 0.3) is 11.5 Å². The third-order valence-corrected chi connectivity index (χ3v) is 4.07. The normalized spacial score (nSPS) is 21.3. The fourth-order valence-electron chi connectivity index (χ4n) is 2.71. The van der Waals surface area contributed by atoms with Gasteiger partial charge in [0.2, 0.25) is 0 Å². The van der Waals surface area contributed by atoms with E-state index >= 15 is 0 Å². The van der Waals surface area contributed by atoms with Crippen molar-refractivity contribution in [3.05, 3.63) is 27.2 Å². The molecule has 0 aromatic carbocycles. The summed E-state index contributed by atoms with van der Waals surface area (Å²) in [6.07, 6.45) is 1.57. The highest BCUT2D eigenvalue weighted by Crippen LogP contribution is 2.25. The first kappa shape index (κ1) is 15.2. The summed E-state index contributed by atoms with van der Waals surface area (Å²) >= 11 is 0. The molecule has 7 heteroatoms. The van der Waals surface area contributed by atoms with E-state index < -0.39 is 23.4 Å². The van der Waals surface area contributed by atoms with E-state index in [1.54, 1.807) is 13.8 Å². The highest BCUT2D eigenvalue weighted by molar-refractivity contribution is 5.95. The van der Waals surface area contributed by atoms with Crippen LogP contribution in [0, 0.1) is 19.8 Å². The van der Waals surface area contributed by atoms with Crippen molar-refractivity contribution in [2.24, 2.45) is 13.0 Å². The first-order valence-electron chi connectivity index (χ1n) is 6.89. The second-order valence-corrected chi connectivity index (χ2v) is 5.53. The summed E-state index contributed by atoms with van der Waals surface area (Å²) in [6, 6.07) is -0.198. The summed E-state index contributed by atoms with van der Waals surface area (Å²) in [6.45, 7) is 3.43. The largest absolute Gasteiger partial charge is 0.481 e. The van der Waals surface area contributed by atoms with E-state index in [0.717, 1.165) is 4.68 Å². The van der Waals surface area contributed by atoms with E-state index in [9.17, 15) is 14.4 Å². The molecule has 0 saturated heterocycles. The maximum atomic E-state index is 12.3. The zero-order chi connectivity index (χ0) is 15.7. The summed E-state index contributed by atoms with van der Waals surface area (Å²) < 4.78 is 1.14. The Morgan fingerprint density at radius 2 is 2.00 bits per heavy atom. The molecule has 1 aromatic rings. The molecule has 7 nitrogen and oxygen atoms in total. The summed E-state index contributed by atoms with van der Waals surface area (Å²) in [5.74, 6) is -1.70. The molecule has 2 atom stereocenters. The number of rotatable bonds is 3. The second-order valence-electron chi connectivity index (χ2n) is 5.53. The van der Waals surface area contributed by atoms with Crippen molar-refractivity contribution in [2.75, 3.05) is 0 Å². The minimum atomic E-state index is -0.835. The van der Waals surface area contributed by atoms with Crippen LogP contribution >= 0.6 is 0 Å². The molecule has 114 valence electrons. The van der Waals surface area contributed by atoms with Crippen LogP contribution in [0.15, 0.2) is 4.79 Å². The zero-order valence-corrected chi connectivity index (χ0v) is 12.3. The van der Waals surface area contributed by atoms with Crippen molar-refractivity contribution in [3.8, 4) is 0 Å². The van der Waals surface area contributed by atoms with Crippen molar-refractivity contribution >= 4 is 11.9 Å². The highest BCUT2D eigenvalue weighted by Gasteiger charge is 2.31. The fraction of sp³-hybridized carbons (Fsp3) is 0.571. The summed E-state index contributed by atoms with van der Waals surface area (Å²) in [4.78, 5) is 35.3. The maximum absolute atomic E-state index is 12.3. The molecule has 21 heavy (non-hydrogen) atoms. The van der Waals surface area contributed by atoms with Crippen molar-refractivity contribution in [2.45, 2.75) is 39.2 Å². The lowest BCUT2D eigenvalue weighted by molar-refractivity contribution is -0.141. The minimum Gasteiger partial charge on any atom is -0.481 e. The number of carbonyl (C=O) groups is 2. The number of aryl methyl sites for hydroxylation is 2. The lowest BCUT2D eigenvalue weighted by Crippen LogP contribution is -2.39. The average Bonchev–Trinajstić information content (AvgIpc) is 2.85. The Kier molecular flexibility index (Phi) is 4.11. The molecule has 0 bridgehead atoms. The first-order valence-corrected chi connectivity index (χ1v) is 6.89. The van der Waals surface area contributed by atoms with Crippen LogP contribution in [0.5, 0.6) is 0 Å². The lowest BCUT2D eigenvalue weighted by atomic mass is 10.1. The highest BCUT2D eigenvalue weighted by atomic mass is 16.4. The smallest absolute Gasteiger partial charge is 0.306 e. The SMILES string of the molecule is Cc1nn(C)c(=O)c(C(=O)N[C@H]2CC[C@@H](C(=O)O)C2)c1C. The van der Waals surface area contributed by atoms with Gasteiger partial charge < -0.3 is 10.4 Å². The quantitative estimate of drug-likeness (QED) is 0.839. The summed E-state index contributed by atoms with van der Waals surface area (Å²) in [5, 5.41) is 15.8. The minimum absolute atomic E-state index is 0.0868. The van der Waals surface area contributed by atoms with Gasteiger partial charge in [-0.3, -0.25) is 14.4 Å². The number of aliphatic carboxylic acids is 1. The zero-order valence-electron chi connectivity index (χ0n) is 12.3. The average molecular weight is 293 g/mol. The Balaban J connectivity index is 2.19. The molecule has 1 heterocycles. The number of hydrogen-bond acceptors (Lipinski definition) is 4. The van der Waals surface area contributed by atoms with Gasteiger partial charge in [0.1, 0.15) is 5.56 Å².